The van der Waals surface area contributed by atoms with Crippen molar-refractivity contribution in [2.24, 2.45) is 0 Å². The number of anilines is 1. The second-order valence-corrected chi connectivity index (χ2v) is 7.04. The van der Waals surface area contributed by atoms with Gasteiger partial charge < -0.3 is 9.47 Å². The van der Waals surface area contributed by atoms with Gasteiger partial charge >= 0.3 is 0 Å². The number of nitrogens with zero attached hydrogens (tertiary/aromatic N) is 1. The SMILES string of the molecule is C=CCN(c1ccc2c(c1)OCO2)S(=O)(=O)c1ccc(C)cc1. The molecule has 0 saturated heterocycles. The largest absolute Gasteiger partial charge is 0.454 e. The first-order valence-corrected chi connectivity index (χ1v) is 8.56. The highest BCUT2D eigenvalue weighted by Crippen LogP contribution is 2.36. The van der Waals surface area contributed by atoms with Gasteiger partial charge in [-0.25, -0.2) is 8.42 Å². The van der Waals surface area contributed by atoms with Crippen molar-refractivity contribution in [1.82, 2.24) is 0 Å². The number of benzene rings is 2. The van der Waals surface area contributed by atoms with Crippen molar-refractivity contribution in [3.05, 3.63) is 60.7 Å². The van der Waals surface area contributed by atoms with Gasteiger partial charge in [-0.2, -0.15) is 0 Å². The Morgan fingerprint density at radius 2 is 1.83 bits per heavy atom. The minimum atomic E-state index is -3.68. The molecule has 0 radical (unpaired) electrons. The predicted molar refractivity (Wildman–Crippen MR) is 88.5 cm³/mol. The van der Waals surface area contributed by atoms with Crippen molar-refractivity contribution in [3.8, 4) is 11.5 Å². The molecule has 1 aliphatic heterocycles. The van der Waals surface area contributed by atoms with Crippen LogP contribution in [0.25, 0.3) is 0 Å². The molecule has 0 unspecified atom stereocenters. The fourth-order valence-electron chi connectivity index (χ4n) is 2.34. The molecule has 0 N–H and O–H groups in total. The summed E-state index contributed by atoms with van der Waals surface area (Å²) in [6, 6.07) is 11.8. The van der Waals surface area contributed by atoms with Crippen LogP contribution in [-0.4, -0.2) is 21.8 Å². The van der Waals surface area contributed by atoms with Crippen molar-refractivity contribution in [3.63, 3.8) is 0 Å². The first-order valence-electron chi connectivity index (χ1n) is 7.12. The molecule has 0 aromatic heterocycles. The summed E-state index contributed by atoms with van der Waals surface area (Å²) in [4.78, 5) is 0.239. The first kappa shape index (κ1) is 15.4. The zero-order valence-corrected chi connectivity index (χ0v) is 13.5. The van der Waals surface area contributed by atoms with Crippen molar-refractivity contribution in [2.45, 2.75) is 11.8 Å². The van der Waals surface area contributed by atoms with Crippen molar-refractivity contribution in [2.75, 3.05) is 17.6 Å². The predicted octanol–water partition coefficient (Wildman–Crippen LogP) is 3.11. The second-order valence-electron chi connectivity index (χ2n) is 5.18. The summed E-state index contributed by atoms with van der Waals surface area (Å²) in [5.74, 6) is 1.15. The van der Waals surface area contributed by atoms with Gasteiger partial charge in [-0.1, -0.05) is 23.8 Å². The lowest BCUT2D eigenvalue weighted by Crippen LogP contribution is -2.31. The highest BCUT2D eigenvalue weighted by molar-refractivity contribution is 7.92. The monoisotopic (exact) mass is 331 g/mol. The summed E-state index contributed by atoms with van der Waals surface area (Å²) in [7, 11) is -3.68. The van der Waals surface area contributed by atoms with E-state index in [4.69, 9.17) is 9.47 Å². The molecule has 0 aliphatic carbocycles. The highest BCUT2D eigenvalue weighted by Gasteiger charge is 2.25. The molecular weight excluding hydrogens is 314 g/mol. The molecule has 1 heterocycles. The van der Waals surface area contributed by atoms with Crippen LogP contribution in [0.2, 0.25) is 0 Å². The van der Waals surface area contributed by atoms with E-state index in [1.165, 1.54) is 4.31 Å². The number of ether oxygens (including phenoxy) is 2. The lowest BCUT2D eigenvalue weighted by molar-refractivity contribution is 0.174. The second kappa shape index (κ2) is 5.96. The minimum Gasteiger partial charge on any atom is -0.454 e. The molecule has 2 aromatic carbocycles. The van der Waals surface area contributed by atoms with Gasteiger partial charge in [0.1, 0.15) is 0 Å². The van der Waals surface area contributed by atoms with Gasteiger partial charge in [-0.15, -0.1) is 6.58 Å². The summed E-state index contributed by atoms with van der Waals surface area (Å²) < 4.78 is 37.8. The zero-order chi connectivity index (χ0) is 16.4. The van der Waals surface area contributed by atoms with Crippen molar-refractivity contribution in [1.29, 1.82) is 0 Å². The van der Waals surface area contributed by atoms with Crippen LogP contribution in [0.3, 0.4) is 0 Å². The van der Waals surface area contributed by atoms with Crippen LogP contribution in [0.15, 0.2) is 60.0 Å². The Morgan fingerprint density at radius 1 is 1.13 bits per heavy atom. The van der Waals surface area contributed by atoms with Crippen LogP contribution >= 0.6 is 0 Å². The number of hydrogen-bond acceptors (Lipinski definition) is 4. The molecule has 0 bridgehead atoms. The number of sulfonamides is 1. The van der Waals surface area contributed by atoms with Gasteiger partial charge in [0.05, 0.1) is 17.1 Å². The number of aryl methyl sites for hydroxylation is 1. The van der Waals surface area contributed by atoms with Gasteiger partial charge in [0, 0.05) is 6.07 Å². The van der Waals surface area contributed by atoms with Gasteiger partial charge in [0.15, 0.2) is 11.5 Å². The summed E-state index contributed by atoms with van der Waals surface area (Å²) >= 11 is 0. The normalized spacial score (nSPS) is 12.9. The number of hydrogen-bond donors (Lipinski definition) is 0. The Labute approximate surface area is 135 Å². The van der Waals surface area contributed by atoms with Gasteiger partial charge in [0.2, 0.25) is 6.79 Å². The summed E-state index contributed by atoms with van der Waals surface area (Å²) in [5, 5.41) is 0. The van der Waals surface area contributed by atoms with E-state index in [9.17, 15) is 8.42 Å². The molecule has 1 aliphatic rings. The van der Waals surface area contributed by atoms with E-state index >= 15 is 0 Å². The maximum atomic E-state index is 12.9. The molecule has 23 heavy (non-hydrogen) atoms. The molecule has 5 nitrogen and oxygen atoms in total. The topological polar surface area (TPSA) is 55.8 Å². The summed E-state index contributed by atoms with van der Waals surface area (Å²) in [6.07, 6.45) is 1.55. The molecule has 0 saturated carbocycles. The standard InChI is InChI=1S/C17H17NO4S/c1-3-10-18(14-6-9-16-17(11-14)22-12-21-16)23(19,20)15-7-4-13(2)5-8-15/h3-9,11H,1,10,12H2,2H3. The lowest BCUT2D eigenvalue weighted by atomic mass is 10.2. The molecule has 0 atom stereocenters. The third-order valence-corrected chi connectivity index (χ3v) is 5.36. The Kier molecular flexibility index (Phi) is 4.00. The van der Waals surface area contributed by atoms with Crippen LogP contribution in [0, 0.1) is 6.92 Å². The Balaban J connectivity index is 2.04. The summed E-state index contributed by atoms with van der Waals surface area (Å²) in [6.45, 7) is 5.88. The first-order chi connectivity index (χ1) is 11.0. The van der Waals surface area contributed by atoms with E-state index in [-0.39, 0.29) is 18.2 Å². The Hall–Kier alpha value is -2.47. The average Bonchev–Trinajstić information content (AvgIpc) is 3.00. The maximum absolute atomic E-state index is 12.9. The van der Waals surface area contributed by atoms with Crippen LogP contribution in [0.1, 0.15) is 5.56 Å². The Morgan fingerprint density at radius 3 is 2.52 bits per heavy atom. The van der Waals surface area contributed by atoms with E-state index in [2.05, 4.69) is 6.58 Å². The molecule has 120 valence electrons. The smallest absolute Gasteiger partial charge is 0.264 e. The molecule has 0 amide bonds. The summed E-state index contributed by atoms with van der Waals surface area (Å²) in [5.41, 5.74) is 1.51. The molecule has 0 spiro atoms. The third kappa shape index (κ3) is 2.90. The average molecular weight is 331 g/mol. The maximum Gasteiger partial charge on any atom is 0.264 e. The van der Waals surface area contributed by atoms with Crippen LogP contribution in [-0.2, 0) is 10.0 Å². The molecular formula is C17H17NO4S. The van der Waals surface area contributed by atoms with E-state index in [0.717, 1.165) is 5.56 Å². The highest BCUT2D eigenvalue weighted by atomic mass is 32.2. The van der Waals surface area contributed by atoms with Crippen molar-refractivity contribution >= 4 is 15.7 Å². The van der Waals surface area contributed by atoms with Gasteiger partial charge in [-0.05, 0) is 31.2 Å². The van der Waals surface area contributed by atoms with Gasteiger partial charge in [0.25, 0.3) is 10.0 Å². The third-order valence-electron chi connectivity index (χ3n) is 3.55. The van der Waals surface area contributed by atoms with Crippen LogP contribution in [0.4, 0.5) is 5.69 Å². The Bertz CT molecular complexity index is 828. The fourth-order valence-corrected chi connectivity index (χ4v) is 3.76. The zero-order valence-electron chi connectivity index (χ0n) is 12.7. The van der Waals surface area contributed by atoms with Crippen LogP contribution in [0.5, 0.6) is 11.5 Å². The number of fused-ring (bicyclic) bond motifs is 1. The van der Waals surface area contributed by atoms with Crippen molar-refractivity contribution < 1.29 is 17.9 Å². The molecule has 3 rings (SSSR count). The number of rotatable bonds is 5. The minimum absolute atomic E-state index is 0.144. The molecule has 2 aromatic rings. The molecule has 6 heteroatoms. The van der Waals surface area contributed by atoms with Crippen LogP contribution < -0.4 is 13.8 Å². The fraction of sp³-hybridized carbons (Fsp3) is 0.176. The van der Waals surface area contributed by atoms with E-state index in [0.29, 0.717) is 17.2 Å². The quantitative estimate of drug-likeness (QED) is 0.790. The van der Waals surface area contributed by atoms with E-state index in [1.807, 2.05) is 6.92 Å². The van der Waals surface area contributed by atoms with E-state index < -0.39 is 10.0 Å². The molecule has 0 fully saturated rings. The van der Waals surface area contributed by atoms with Gasteiger partial charge in [-0.3, -0.25) is 4.31 Å². The van der Waals surface area contributed by atoms with E-state index in [1.54, 1.807) is 48.5 Å². The lowest BCUT2D eigenvalue weighted by Gasteiger charge is -2.23.